The van der Waals surface area contributed by atoms with Crippen molar-refractivity contribution < 1.29 is 64.2 Å². The predicted octanol–water partition coefficient (Wildman–Crippen LogP) is 13.1. The Labute approximate surface area is 482 Å². The highest BCUT2D eigenvalue weighted by molar-refractivity contribution is 6.00. The standard InChI is InChI=1S/C19H27NO3.C19H21NO3.C14H17NO6.C13H19NO/c2*1-12(2)15-6-4-14(5-7-15)11-20-18-9-16(13(3)21)8-17(10-18)19(22)23;1-7(2)12-9(5-15-6-11(16)17)3-8(13(18)19)4-10(12)14(20)21;1-10(2)13-6-4-12(5-7-13)9-14-8-11(3)15/h8-10,12,14-15,20H,4-7,11H2,1-3H3,(H,22,23);4-10,12,20H,11H2,1-3H3,(H,22,23);3-4,7,15H,5-6H2,1-2H3,(H,16,17)(H,18,19)(H,20,21);4-7,10,14-15H,3,8-9H2,1-2H3. The van der Waals surface area contributed by atoms with Gasteiger partial charge in [-0.15, -0.1) is 0 Å². The van der Waals surface area contributed by atoms with E-state index in [9.17, 15) is 43.8 Å². The number of hydrogen-bond donors (Lipinski definition) is 10. The number of carboxylic acids is 5. The molecule has 0 spiro atoms. The third-order valence-electron chi connectivity index (χ3n) is 14.0. The summed E-state index contributed by atoms with van der Waals surface area (Å²) in [6.07, 6.45) is 4.98. The number of hydrogen-bond acceptors (Lipinski definition) is 12. The number of ketones is 2. The summed E-state index contributed by atoms with van der Waals surface area (Å²) in [4.78, 5) is 78.4. The van der Waals surface area contributed by atoms with Gasteiger partial charge >= 0.3 is 29.8 Å². The Morgan fingerprint density at radius 1 is 0.488 bits per heavy atom. The van der Waals surface area contributed by atoms with Crippen LogP contribution in [0.25, 0.3) is 0 Å². The van der Waals surface area contributed by atoms with Gasteiger partial charge in [0.05, 0.1) is 41.1 Å². The van der Waals surface area contributed by atoms with E-state index in [1.165, 1.54) is 80.5 Å². The summed E-state index contributed by atoms with van der Waals surface area (Å²) in [6.45, 7) is 25.5. The first-order chi connectivity index (χ1) is 38.6. The molecule has 1 saturated carbocycles. The Kier molecular flexibility index (Phi) is 27.9. The first kappa shape index (κ1) is 68.1. The highest BCUT2D eigenvalue weighted by Crippen LogP contribution is 2.34. The highest BCUT2D eigenvalue weighted by atomic mass is 16.4. The molecule has 0 heterocycles. The number of Topliss-reactive ketones (excluding diaryl/α,β-unsaturated/α-hetero) is 2. The van der Waals surface area contributed by atoms with Crippen LogP contribution in [0.15, 0.2) is 109 Å². The van der Waals surface area contributed by atoms with E-state index in [1.807, 2.05) is 0 Å². The number of carbonyl (C=O) groups is 7. The van der Waals surface area contributed by atoms with Gasteiger partial charge in [0.25, 0.3) is 0 Å². The van der Waals surface area contributed by atoms with Gasteiger partial charge in [-0.25, -0.2) is 19.2 Å². The Morgan fingerprint density at radius 3 is 1.30 bits per heavy atom. The third-order valence-corrected chi connectivity index (χ3v) is 14.0. The van der Waals surface area contributed by atoms with E-state index in [0.29, 0.717) is 58.8 Å². The number of carboxylic acid groups (broad SMARTS) is 5. The number of aliphatic carboxylic acids is 1. The van der Waals surface area contributed by atoms with Gasteiger partial charge in [0.15, 0.2) is 11.6 Å². The van der Waals surface area contributed by atoms with Crippen LogP contribution in [-0.4, -0.2) is 91.7 Å². The van der Waals surface area contributed by atoms with Gasteiger partial charge < -0.3 is 51.9 Å². The van der Waals surface area contributed by atoms with Crippen molar-refractivity contribution in [2.45, 2.75) is 132 Å². The Bertz CT molecular complexity index is 2910. The Morgan fingerprint density at radius 2 is 0.915 bits per heavy atom. The maximum absolute atomic E-state index is 11.6. The molecule has 5 aromatic rings. The Hall–Kier alpha value is -8.15. The second-order valence-corrected chi connectivity index (χ2v) is 21.9. The molecule has 0 radical (unpaired) electrons. The summed E-state index contributed by atoms with van der Waals surface area (Å²) in [6, 6.07) is 28.7. The zero-order valence-corrected chi connectivity index (χ0v) is 49.0. The molecular formula is C65H84N4O13. The largest absolute Gasteiger partial charge is 0.512 e. The average Bonchev–Trinajstić information content (AvgIpc) is 3.58. The van der Waals surface area contributed by atoms with Crippen molar-refractivity contribution in [3.05, 3.63) is 176 Å². The monoisotopic (exact) mass is 1130 g/mol. The summed E-state index contributed by atoms with van der Waals surface area (Å²) >= 11 is 0. The lowest BCUT2D eigenvalue weighted by molar-refractivity contribution is -0.136. The van der Waals surface area contributed by atoms with Gasteiger partial charge in [0.1, 0.15) is 0 Å². The van der Waals surface area contributed by atoms with Crippen LogP contribution in [0.5, 0.6) is 0 Å². The maximum atomic E-state index is 11.6. The van der Waals surface area contributed by atoms with E-state index in [-0.39, 0.29) is 58.6 Å². The molecule has 0 unspecified atom stereocenters. The van der Waals surface area contributed by atoms with Crippen molar-refractivity contribution >= 4 is 52.8 Å². The number of carbonyl (C=O) groups excluding carboxylic acids is 2. The van der Waals surface area contributed by atoms with Crippen molar-refractivity contribution in [3.63, 3.8) is 0 Å². The molecule has 0 aromatic heterocycles. The summed E-state index contributed by atoms with van der Waals surface area (Å²) in [5, 5.41) is 66.4. The number of aromatic carboxylic acids is 4. The van der Waals surface area contributed by atoms with Crippen LogP contribution < -0.4 is 21.3 Å². The molecule has 0 atom stereocenters. The summed E-state index contributed by atoms with van der Waals surface area (Å²) < 4.78 is 0. The molecule has 0 saturated heterocycles. The van der Waals surface area contributed by atoms with Gasteiger partial charge in [-0.1, -0.05) is 110 Å². The zero-order chi connectivity index (χ0) is 61.4. The van der Waals surface area contributed by atoms with Crippen molar-refractivity contribution in [2.75, 3.05) is 30.3 Å². The summed E-state index contributed by atoms with van der Waals surface area (Å²) in [5.41, 5.74) is 8.17. The summed E-state index contributed by atoms with van der Waals surface area (Å²) in [5.74, 6) is -2.49. The van der Waals surface area contributed by atoms with Crippen LogP contribution in [0.1, 0.15) is 208 Å². The molecule has 0 amide bonds. The molecule has 1 aliphatic rings. The molecule has 0 bridgehead atoms. The topological polar surface area (TPSA) is 289 Å². The number of nitrogens with one attached hydrogen (secondary N) is 4. The van der Waals surface area contributed by atoms with E-state index in [2.05, 4.69) is 118 Å². The van der Waals surface area contributed by atoms with Crippen LogP contribution in [0.3, 0.4) is 0 Å². The molecule has 0 aliphatic heterocycles. The third kappa shape index (κ3) is 23.5. The van der Waals surface area contributed by atoms with E-state index < -0.39 is 29.8 Å². The number of aliphatic hydroxyl groups is 1. The molecule has 17 nitrogen and oxygen atoms in total. The molecule has 5 aromatic carbocycles. The van der Waals surface area contributed by atoms with Crippen LogP contribution in [0.2, 0.25) is 0 Å². The fourth-order valence-electron chi connectivity index (χ4n) is 9.18. The number of rotatable bonds is 24. The minimum Gasteiger partial charge on any atom is -0.512 e. The smallest absolute Gasteiger partial charge is 0.336 e. The van der Waals surface area contributed by atoms with Crippen LogP contribution in [0, 0.1) is 17.8 Å². The van der Waals surface area contributed by atoms with E-state index in [0.717, 1.165) is 42.2 Å². The van der Waals surface area contributed by atoms with Crippen molar-refractivity contribution in [1.29, 1.82) is 0 Å². The first-order valence-electron chi connectivity index (χ1n) is 27.6. The number of anilines is 2. The summed E-state index contributed by atoms with van der Waals surface area (Å²) in [7, 11) is 0. The molecule has 82 heavy (non-hydrogen) atoms. The van der Waals surface area contributed by atoms with Gasteiger partial charge in [-0.05, 0) is 157 Å². The lowest BCUT2D eigenvalue weighted by Crippen LogP contribution is -2.23. The van der Waals surface area contributed by atoms with E-state index >= 15 is 0 Å². The second-order valence-electron chi connectivity index (χ2n) is 21.9. The first-order valence-corrected chi connectivity index (χ1v) is 27.6. The van der Waals surface area contributed by atoms with Crippen LogP contribution in [-0.2, 0) is 24.4 Å². The normalized spacial score (nSPS) is 13.6. The maximum Gasteiger partial charge on any atom is 0.336 e. The minimum atomic E-state index is -1.23. The van der Waals surface area contributed by atoms with E-state index in [1.54, 1.807) is 32.0 Å². The molecule has 1 aliphatic carbocycles. The average molecular weight is 1130 g/mol. The lowest BCUT2D eigenvalue weighted by atomic mass is 9.77. The SMILES string of the molecule is C=C(O)CNCc1ccc(C(C)C)cc1.CC(=O)c1cc(NCC2CCC(C(C)C)CC2)cc(C(=O)O)c1.CC(=O)c1cc(NCc2ccc(C(C)C)cc2)cc(C(=O)O)c1.CC(C)c1c(CNCC(=O)O)cc(C(=O)O)cc1C(=O)O. The second kappa shape index (κ2) is 33.6. The lowest BCUT2D eigenvalue weighted by Gasteiger charge is -2.31. The molecular weight excluding hydrogens is 1040 g/mol. The number of aliphatic hydroxyl groups excluding tert-OH is 1. The molecule has 1 fully saturated rings. The van der Waals surface area contributed by atoms with Gasteiger partial charge in [0, 0.05) is 48.7 Å². The van der Waals surface area contributed by atoms with Gasteiger partial charge in [-0.2, -0.15) is 0 Å². The highest BCUT2D eigenvalue weighted by Gasteiger charge is 2.24. The van der Waals surface area contributed by atoms with Crippen molar-refractivity contribution in [3.8, 4) is 0 Å². The molecule has 6 rings (SSSR count). The fourth-order valence-corrected chi connectivity index (χ4v) is 9.18. The zero-order valence-electron chi connectivity index (χ0n) is 49.0. The van der Waals surface area contributed by atoms with Crippen molar-refractivity contribution in [1.82, 2.24) is 10.6 Å². The predicted molar refractivity (Wildman–Crippen MR) is 321 cm³/mol. The fraction of sp³-hybridized carbons (Fsp3) is 0.400. The van der Waals surface area contributed by atoms with Crippen molar-refractivity contribution in [2.24, 2.45) is 17.8 Å². The number of benzene rings is 5. The molecule has 442 valence electrons. The minimum absolute atomic E-state index is 0.0722. The van der Waals surface area contributed by atoms with Gasteiger partial charge in [-0.3, -0.25) is 14.4 Å². The van der Waals surface area contributed by atoms with Crippen LogP contribution >= 0.6 is 0 Å². The van der Waals surface area contributed by atoms with Gasteiger partial charge in [0.2, 0.25) is 0 Å². The quantitative estimate of drug-likeness (QED) is 0.0203. The van der Waals surface area contributed by atoms with Crippen LogP contribution in [0.4, 0.5) is 11.4 Å². The molecule has 10 N–H and O–H groups in total. The Balaban J connectivity index is 0.000000290. The van der Waals surface area contributed by atoms with E-state index in [4.69, 9.17) is 20.4 Å². The molecule has 17 heteroatoms.